The van der Waals surface area contributed by atoms with Crippen LogP contribution in [-0.4, -0.2) is 43.1 Å². The lowest BCUT2D eigenvalue weighted by Gasteiger charge is -2.39. The van der Waals surface area contributed by atoms with Crippen molar-refractivity contribution in [3.63, 3.8) is 0 Å². The number of hydrogen-bond acceptors (Lipinski definition) is 3. The molecule has 114 valence electrons. The Bertz CT molecular complexity index is 511. The molecular weight excluding hydrogens is 264 g/mol. The summed E-state index contributed by atoms with van der Waals surface area (Å²) < 4.78 is 5.99. The zero-order valence-electron chi connectivity index (χ0n) is 12.8. The van der Waals surface area contributed by atoms with Crippen molar-refractivity contribution in [1.29, 1.82) is 0 Å². The SMILES string of the molecule is Cc1ccccc1[C@@H]1CN(C(=O)[C@H]2CCNC2)[C@H](C)CO1. The zero-order chi connectivity index (χ0) is 14.8. The molecule has 2 aliphatic rings. The van der Waals surface area contributed by atoms with Gasteiger partial charge < -0.3 is 15.0 Å². The van der Waals surface area contributed by atoms with Crippen molar-refractivity contribution in [1.82, 2.24) is 10.2 Å². The maximum Gasteiger partial charge on any atom is 0.227 e. The maximum absolute atomic E-state index is 12.7. The monoisotopic (exact) mass is 288 g/mol. The van der Waals surface area contributed by atoms with Crippen molar-refractivity contribution in [3.8, 4) is 0 Å². The highest BCUT2D eigenvalue weighted by Gasteiger charge is 2.35. The molecule has 1 N–H and O–H groups in total. The van der Waals surface area contributed by atoms with E-state index in [2.05, 4.69) is 31.3 Å². The fourth-order valence-electron chi connectivity index (χ4n) is 3.30. The largest absolute Gasteiger partial charge is 0.370 e. The van der Waals surface area contributed by atoms with Gasteiger partial charge in [-0.2, -0.15) is 0 Å². The number of amides is 1. The van der Waals surface area contributed by atoms with Gasteiger partial charge in [-0.05, 0) is 37.9 Å². The fourth-order valence-corrected chi connectivity index (χ4v) is 3.30. The number of ether oxygens (including phenoxy) is 1. The summed E-state index contributed by atoms with van der Waals surface area (Å²) in [5, 5.41) is 3.28. The van der Waals surface area contributed by atoms with Gasteiger partial charge in [-0.25, -0.2) is 0 Å². The van der Waals surface area contributed by atoms with E-state index in [4.69, 9.17) is 4.74 Å². The van der Waals surface area contributed by atoms with Gasteiger partial charge in [-0.3, -0.25) is 4.79 Å². The van der Waals surface area contributed by atoms with Crippen LogP contribution in [0.4, 0.5) is 0 Å². The molecule has 0 radical (unpaired) electrons. The van der Waals surface area contributed by atoms with Gasteiger partial charge in [-0.15, -0.1) is 0 Å². The Morgan fingerprint density at radius 2 is 2.19 bits per heavy atom. The second kappa shape index (κ2) is 6.16. The van der Waals surface area contributed by atoms with E-state index < -0.39 is 0 Å². The molecule has 3 rings (SSSR count). The minimum absolute atomic E-state index is 0.000659. The number of nitrogens with one attached hydrogen (secondary N) is 1. The van der Waals surface area contributed by atoms with E-state index in [0.29, 0.717) is 13.2 Å². The van der Waals surface area contributed by atoms with Crippen molar-refractivity contribution in [3.05, 3.63) is 35.4 Å². The molecular formula is C17H24N2O2. The molecule has 3 atom stereocenters. The lowest BCUT2D eigenvalue weighted by atomic mass is 9.99. The van der Waals surface area contributed by atoms with Crippen LogP contribution in [0.1, 0.15) is 30.6 Å². The molecule has 1 aromatic carbocycles. The molecule has 2 aliphatic heterocycles. The van der Waals surface area contributed by atoms with Crippen LogP contribution in [-0.2, 0) is 9.53 Å². The average molecular weight is 288 g/mol. The van der Waals surface area contributed by atoms with Crippen molar-refractivity contribution in [2.75, 3.05) is 26.2 Å². The van der Waals surface area contributed by atoms with Crippen LogP contribution in [0.15, 0.2) is 24.3 Å². The third-order valence-corrected chi connectivity index (χ3v) is 4.66. The van der Waals surface area contributed by atoms with Gasteiger partial charge in [0.25, 0.3) is 0 Å². The smallest absolute Gasteiger partial charge is 0.227 e. The number of nitrogens with zero attached hydrogens (tertiary/aromatic N) is 1. The van der Waals surface area contributed by atoms with Crippen molar-refractivity contribution >= 4 is 5.91 Å². The summed E-state index contributed by atoms with van der Waals surface area (Å²) in [6, 6.07) is 8.45. The number of morpholine rings is 1. The van der Waals surface area contributed by atoms with E-state index in [1.807, 2.05) is 17.0 Å². The first-order valence-corrected chi connectivity index (χ1v) is 7.85. The van der Waals surface area contributed by atoms with E-state index in [9.17, 15) is 4.79 Å². The first kappa shape index (κ1) is 14.5. The van der Waals surface area contributed by atoms with E-state index in [1.165, 1.54) is 11.1 Å². The number of carbonyl (C=O) groups excluding carboxylic acids is 1. The number of carbonyl (C=O) groups is 1. The van der Waals surface area contributed by atoms with Crippen molar-refractivity contribution < 1.29 is 9.53 Å². The fraction of sp³-hybridized carbons (Fsp3) is 0.588. The van der Waals surface area contributed by atoms with Crippen molar-refractivity contribution in [2.24, 2.45) is 5.92 Å². The molecule has 1 amide bonds. The molecule has 0 spiro atoms. The highest BCUT2D eigenvalue weighted by molar-refractivity contribution is 5.80. The van der Waals surface area contributed by atoms with Crippen LogP contribution >= 0.6 is 0 Å². The number of aryl methyl sites for hydroxylation is 1. The molecule has 0 unspecified atom stereocenters. The Kier molecular flexibility index (Phi) is 4.27. The van der Waals surface area contributed by atoms with Gasteiger partial charge in [0.1, 0.15) is 6.10 Å². The van der Waals surface area contributed by atoms with E-state index >= 15 is 0 Å². The van der Waals surface area contributed by atoms with Gasteiger partial charge in [0.2, 0.25) is 5.91 Å². The second-order valence-electron chi connectivity index (χ2n) is 6.21. The summed E-state index contributed by atoms with van der Waals surface area (Å²) in [4.78, 5) is 14.7. The molecule has 2 saturated heterocycles. The van der Waals surface area contributed by atoms with Crippen LogP contribution in [0.25, 0.3) is 0 Å². The highest BCUT2D eigenvalue weighted by atomic mass is 16.5. The minimum atomic E-state index is 0.000659. The van der Waals surface area contributed by atoms with Crippen LogP contribution in [0, 0.1) is 12.8 Å². The molecule has 1 aromatic rings. The Morgan fingerprint density at radius 1 is 1.38 bits per heavy atom. The maximum atomic E-state index is 12.7. The molecule has 0 aliphatic carbocycles. The molecule has 0 bridgehead atoms. The van der Waals surface area contributed by atoms with Gasteiger partial charge >= 0.3 is 0 Å². The van der Waals surface area contributed by atoms with Gasteiger partial charge in [0.15, 0.2) is 0 Å². The second-order valence-corrected chi connectivity index (χ2v) is 6.21. The highest BCUT2D eigenvalue weighted by Crippen LogP contribution is 2.28. The quantitative estimate of drug-likeness (QED) is 0.903. The third-order valence-electron chi connectivity index (χ3n) is 4.66. The molecule has 21 heavy (non-hydrogen) atoms. The summed E-state index contributed by atoms with van der Waals surface area (Å²) in [6.45, 7) is 7.23. The summed E-state index contributed by atoms with van der Waals surface area (Å²) in [7, 11) is 0. The lowest BCUT2D eigenvalue weighted by Crippen LogP contribution is -2.50. The predicted octanol–water partition coefficient (Wildman–Crippen LogP) is 1.89. The Labute approximate surface area is 126 Å². The van der Waals surface area contributed by atoms with Crippen molar-refractivity contribution in [2.45, 2.75) is 32.4 Å². The molecule has 4 nitrogen and oxygen atoms in total. The summed E-state index contributed by atoms with van der Waals surface area (Å²) in [5.41, 5.74) is 2.43. The summed E-state index contributed by atoms with van der Waals surface area (Å²) in [6.07, 6.45) is 0.957. The van der Waals surface area contributed by atoms with E-state index in [1.54, 1.807) is 0 Å². The standard InChI is InChI=1S/C17H24N2O2/c1-12-5-3-4-6-15(12)16-10-19(13(2)11-21-16)17(20)14-7-8-18-9-14/h3-6,13-14,16,18H,7-11H2,1-2H3/t13-,14+,16+/m1/s1. The van der Waals surface area contributed by atoms with Gasteiger partial charge in [-0.1, -0.05) is 24.3 Å². The minimum Gasteiger partial charge on any atom is -0.370 e. The van der Waals surface area contributed by atoms with Crippen LogP contribution in [0.2, 0.25) is 0 Å². The van der Waals surface area contributed by atoms with Gasteiger partial charge in [0.05, 0.1) is 25.1 Å². The number of benzene rings is 1. The third kappa shape index (κ3) is 2.97. The van der Waals surface area contributed by atoms with Crippen LogP contribution in [0.5, 0.6) is 0 Å². The molecule has 2 heterocycles. The molecule has 4 heteroatoms. The number of rotatable bonds is 2. The van der Waals surface area contributed by atoms with Crippen LogP contribution < -0.4 is 5.32 Å². The first-order chi connectivity index (χ1) is 10.2. The summed E-state index contributed by atoms with van der Waals surface area (Å²) >= 11 is 0. The lowest BCUT2D eigenvalue weighted by molar-refractivity contribution is -0.148. The number of hydrogen-bond donors (Lipinski definition) is 1. The molecule has 2 fully saturated rings. The zero-order valence-corrected chi connectivity index (χ0v) is 12.8. The van der Waals surface area contributed by atoms with Gasteiger partial charge in [0, 0.05) is 6.54 Å². The first-order valence-electron chi connectivity index (χ1n) is 7.85. The Morgan fingerprint density at radius 3 is 2.90 bits per heavy atom. The molecule has 0 aromatic heterocycles. The Hall–Kier alpha value is -1.39. The summed E-state index contributed by atoms with van der Waals surface area (Å²) in [5.74, 6) is 0.428. The Balaban J connectivity index is 1.75. The topological polar surface area (TPSA) is 41.6 Å². The van der Waals surface area contributed by atoms with E-state index in [-0.39, 0.29) is 24.0 Å². The van der Waals surface area contributed by atoms with E-state index in [0.717, 1.165) is 19.5 Å². The normalized spacial score (nSPS) is 29.6. The van der Waals surface area contributed by atoms with Crippen LogP contribution in [0.3, 0.4) is 0 Å². The molecule has 0 saturated carbocycles. The average Bonchev–Trinajstić information content (AvgIpc) is 3.02. The predicted molar refractivity (Wildman–Crippen MR) is 82.0 cm³/mol.